The lowest BCUT2D eigenvalue weighted by Crippen LogP contribution is -2.38. The lowest BCUT2D eigenvalue weighted by Gasteiger charge is -2.38. The highest BCUT2D eigenvalue weighted by Gasteiger charge is 2.27. The van der Waals surface area contributed by atoms with Crippen LogP contribution in [-0.4, -0.2) is 23.3 Å². The molecule has 120 valence electrons. The summed E-state index contributed by atoms with van der Waals surface area (Å²) in [6, 6.07) is 0.604. The van der Waals surface area contributed by atoms with Crippen LogP contribution in [0.3, 0.4) is 0 Å². The fourth-order valence-electron chi connectivity index (χ4n) is 4.09. The predicted molar refractivity (Wildman–Crippen MR) is 91.6 cm³/mol. The van der Waals surface area contributed by atoms with Crippen molar-refractivity contribution in [2.45, 2.75) is 76.7 Å². The monoisotopic (exact) mass is 299 g/mol. The van der Waals surface area contributed by atoms with Gasteiger partial charge in [-0.3, -0.25) is 4.79 Å². The molecule has 1 heterocycles. The maximum Gasteiger partial charge on any atom is 0.133 e. The van der Waals surface area contributed by atoms with E-state index in [-0.39, 0.29) is 0 Å². The topological polar surface area (TPSA) is 20.3 Å². The van der Waals surface area contributed by atoms with Crippen LogP contribution in [0.15, 0.2) is 35.6 Å². The molecule has 3 rings (SSSR count). The molecule has 0 unspecified atom stereocenters. The van der Waals surface area contributed by atoms with E-state index in [1.54, 1.807) is 11.3 Å². The molecule has 2 nitrogen and oxygen atoms in total. The van der Waals surface area contributed by atoms with E-state index in [2.05, 4.69) is 29.2 Å². The quantitative estimate of drug-likeness (QED) is 0.684. The summed E-state index contributed by atoms with van der Waals surface area (Å²) in [5, 5.41) is 0. The molecule has 22 heavy (non-hydrogen) atoms. The van der Waals surface area contributed by atoms with E-state index in [0.29, 0.717) is 11.8 Å². The van der Waals surface area contributed by atoms with Gasteiger partial charge in [-0.1, -0.05) is 24.3 Å². The molecule has 0 amide bonds. The molecule has 0 radical (unpaired) electrons. The minimum Gasteiger partial charge on any atom is -0.372 e. The van der Waals surface area contributed by atoms with Crippen LogP contribution in [0.5, 0.6) is 0 Å². The fourth-order valence-corrected chi connectivity index (χ4v) is 4.09. The average molecular weight is 299 g/mol. The molecule has 2 heteroatoms. The third-order valence-corrected chi connectivity index (χ3v) is 5.35. The van der Waals surface area contributed by atoms with Gasteiger partial charge < -0.3 is 4.90 Å². The summed E-state index contributed by atoms with van der Waals surface area (Å²) in [4.78, 5) is 14.3. The molecule has 1 fully saturated rings. The third kappa shape index (κ3) is 3.91. The highest BCUT2D eigenvalue weighted by atomic mass is 16.1. The molecule has 1 aliphatic heterocycles. The van der Waals surface area contributed by atoms with E-state index in [1.165, 1.54) is 51.5 Å². The van der Waals surface area contributed by atoms with Gasteiger partial charge in [0, 0.05) is 31.1 Å². The lowest BCUT2D eigenvalue weighted by molar-refractivity contribution is -0.121. The number of hydrogen-bond donors (Lipinski definition) is 0. The molecule has 0 saturated heterocycles. The van der Waals surface area contributed by atoms with Crippen LogP contribution in [0.4, 0.5) is 0 Å². The van der Waals surface area contributed by atoms with Gasteiger partial charge in [-0.05, 0) is 63.4 Å². The van der Waals surface area contributed by atoms with E-state index in [1.807, 2.05) is 0 Å². The molecule has 0 aromatic heterocycles. The van der Waals surface area contributed by atoms with Gasteiger partial charge in [-0.15, -0.1) is 0 Å². The van der Waals surface area contributed by atoms with E-state index >= 15 is 0 Å². The summed E-state index contributed by atoms with van der Waals surface area (Å²) in [5.41, 5.74) is 3.16. The Labute approximate surface area is 135 Å². The first-order chi connectivity index (χ1) is 10.8. The Morgan fingerprint density at radius 1 is 0.909 bits per heavy atom. The van der Waals surface area contributed by atoms with Gasteiger partial charge in [0.2, 0.25) is 0 Å². The Morgan fingerprint density at radius 2 is 1.73 bits per heavy atom. The molecular weight excluding hydrogens is 270 g/mol. The van der Waals surface area contributed by atoms with Crippen molar-refractivity contribution in [2.24, 2.45) is 0 Å². The van der Waals surface area contributed by atoms with Crippen LogP contribution in [-0.2, 0) is 4.79 Å². The molecule has 0 N–H and O–H groups in total. The highest BCUT2D eigenvalue weighted by Crippen LogP contribution is 2.33. The second-order valence-electron chi connectivity index (χ2n) is 6.93. The molecule has 0 aromatic carbocycles. The zero-order valence-electron chi connectivity index (χ0n) is 13.7. The summed E-state index contributed by atoms with van der Waals surface area (Å²) in [6.07, 6.45) is 21.6. The van der Waals surface area contributed by atoms with Crippen LogP contribution >= 0.6 is 0 Å². The summed E-state index contributed by atoms with van der Waals surface area (Å²) in [5.74, 6) is 0.469. The minimum atomic E-state index is 0.469. The van der Waals surface area contributed by atoms with Gasteiger partial charge in [0.15, 0.2) is 0 Å². The molecule has 0 spiro atoms. The summed E-state index contributed by atoms with van der Waals surface area (Å²) < 4.78 is 0. The number of allylic oxidation sites excluding steroid dienone is 6. The summed E-state index contributed by atoms with van der Waals surface area (Å²) in [6.45, 7) is 1.20. The van der Waals surface area contributed by atoms with Crippen molar-refractivity contribution in [1.29, 1.82) is 0 Å². The number of carbonyl (C=O) groups excluding carboxylic acids is 1. The number of hydrogen-bond acceptors (Lipinski definition) is 2. The molecule has 0 atom stereocenters. The molecule has 2 aliphatic carbocycles. The zero-order valence-corrected chi connectivity index (χ0v) is 13.7. The van der Waals surface area contributed by atoms with Crippen molar-refractivity contribution in [3.8, 4) is 0 Å². The maximum atomic E-state index is 11.6. The van der Waals surface area contributed by atoms with Gasteiger partial charge in [0.1, 0.15) is 5.78 Å². The third-order valence-electron chi connectivity index (χ3n) is 5.35. The van der Waals surface area contributed by atoms with Crippen LogP contribution in [0, 0.1) is 0 Å². The predicted octanol–water partition coefficient (Wildman–Crippen LogP) is 4.92. The number of rotatable bonds is 1. The second-order valence-corrected chi connectivity index (χ2v) is 6.93. The van der Waals surface area contributed by atoms with Crippen LogP contribution in [0.1, 0.15) is 70.6 Å². The van der Waals surface area contributed by atoms with Gasteiger partial charge in [0.05, 0.1) is 0 Å². The van der Waals surface area contributed by atoms with Gasteiger partial charge in [-0.25, -0.2) is 0 Å². The summed E-state index contributed by atoms with van der Waals surface area (Å²) in [7, 11) is 0. The van der Waals surface area contributed by atoms with Crippen molar-refractivity contribution in [3.63, 3.8) is 0 Å². The largest absolute Gasteiger partial charge is 0.372 e. The maximum absolute atomic E-state index is 11.6. The van der Waals surface area contributed by atoms with Crippen LogP contribution in [0.2, 0.25) is 0 Å². The van der Waals surface area contributed by atoms with E-state index in [4.69, 9.17) is 0 Å². The zero-order chi connectivity index (χ0) is 15.2. The second kappa shape index (κ2) is 7.80. The lowest BCUT2D eigenvalue weighted by atomic mass is 9.91. The van der Waals surface area contributed by atoms with E-state index < -0.39 is 0 Å². The Hall–Kier alpha value is -1.31. The van der Waals surface area contributed by atoms with Crippen molar-refractivity contribution in [2.75, 3.05) is 6.54 Å². The van der Waals surface area contributed by atoms with Crippen LogP contribution in [0.25, 0.3) is 0 Å². The van der Waals surface area contributed by atoms with E-state index in [0.717, 1.165) is 25.7 Å². The van der Waals surface area contributed by atoms with Crippen molar-refractivity contribution in [3.05, 3.63) is 35.6 Å². The highest BCUT2D eigenvalue weighted by molar-refractivity contribution is 5.79. The molecular formula is C20H29NO. The molecule has 0 bridgehead atoms. The van der Waals surface area contributed by atoms with Gasteiger partial charge in [-0.2, -0.15) is 0 Å². The first-order valence-corrected chi connectivity index (χ1v) is 9.18. The Bertz CT molecular complexity index is 476. The minimum absolute atomic E-state index is 0.469. The Balaban J connectivity index is 1.84. The number of carbonyl (C=O) groups is 1. The molecule has 3 aliphatic rings. The van der Waals surface area contributed by atoms with Crippen molar-refractivity contribution in [1.82, 2.24) is 4.90 Å². The number of ketones is 1. The Kier molecular flexibility index (Phi) is 5.53. The molecule has 1 saturated carbocycles. The van der Waals surface area contributed by atoms with Crippen molar-refractivity contribution >= 4 is 5.78 Å². The summed E-state index contributed by atoms with van der Waals surface area (Å²) >= 11 is 0. The Morgan fingerprint density at radius 3 is 2.59 bits per heavy atom. The normalized spacial score (nSPS) is 25.1. The van der Waals surface area contributed by atoms with Crippen molar-refractivity contribution < 1.29 is 4.79 Å². The van der Waals surface area contributed by atoms with Gasteiger partial charge in [0.25, 0.3) is 0 Å². The first-order valence-electron chi connectivity index (χ1n) is 9.18. The van der Waals surface area contributed by atoms with Crippen LogP contribution < -0.4 is 0 Å². The van der Waals surface area contributed by atoms with E-state index in [9.17, 15) is 4.79 Å². The number of nitrogens with zero attached hydrogens (tertiary/aromatic N) is 1. The van der Waals surface area contributed by atoms with Gasteiger partial charge >= 0.3 is 0 Å². The fraction of sp³-hybridized carbons (Fsp3) is 0.650. The molecule has 0 aromatic rings. The average Bonchev–Trinajstić information content (AvgIpc) is 2.74. The SMILES string of the molecule is O=C1CCC(N2CCCCC3=C2CCCCC=CC=C3)CC1. The first kappa shape index (κ1) is 15.6. The standard InChI is InChI=1S/C20H29NO/c22-19-14-12-18(13-15-19)21-16-8-7-10-17-9-5-3-1-2-4-6-11-20(17)21/h1,3,5,9,18H,2,4,6-8,10-16H2. The smallest absolute Gasteiger partial charge is 0.133 e. The number of Topliss-reactive ketones (excluding diaryl/α,β-unsaturated/α-hetero) is 1.